The lowest BCUT2D eigenvalue weighted by atomic mass is 10.1. The van der Waals surface area contributed by atoms with Crippen molar-refractivity contribution in [1.82, 2.24) is 0 Å². The molecule has 3 heteroatoms. The number of benzene rings is 1. The number of methoxy groups -OCH3 is 1. The van der Waals surface area contributed by atoms with Crippen molar-refractivity contribution in [1.29, 1.82) is 5.26 Å². The summed E-state index contributed by atoms with van der Waals surface area (Å²) in [4.78, 5) is 0. The van der Waals surface area contributed by atoms with Crippen molar-refractivity contribution in [3.63, 3.8) is 0 Å². The van der Waals surface area contributed by atoms with Gasteiger partial charge in [0.15, 0.2) is 0 Å². The van der Waals surface area contributed by atoms with Gasteiger partial charge in [-0.2, -0.15) is 5.26 Å². The maximum atomic E-state index is 8.97. The van der Waals surface area contributed by atoms with E-state index in [1.54, 1.807) is 19.2 Å². The zero-order chi connectivity index (χ0) is 9.84. The van der Waals surface area contributed by atoms with Crippen molar-refractivity contribution in [3.8, 4) is 11.8 Å². The summed E-state index contributed by atoms with van der Waals surface area (Å²) >= 11 is 0. The summed E-state index contributed by atoms with van der Waals surface area (Å²) in [5.74, 6) is 0.624. The lowest BCUT2D eigenvalue weighted by molar-refractivity contribution is 0.273. The Kier molecular flexibility index (Phi) is 2.88. The summed E-state index contributed by atoms with van der Waals surface area (Å²) in [7, 11) is 1.54. The molecule has 0 atom stereocenters. The van der Waals surface area contributed by atoms with Crippen molar-refractivity contribution in [2.24, 2.45) is 0 Å². The molecular weight excluding hydrogens is 166 g/mol. The fraction of sp³-hybridized carbons (Fsp3) is 0.300. The maximum absolute atomic E-state index is 8.97. The molecule has 0 amide bonds. The number of aliphatic hydroxyl groups is 1. The average Bonchev–Trinajstić information content (AvgIpc) is 2.17. The maximum Gasteiger partial charge on any atom is 0.124 e. The van der Waals surface area contributed by atoms with Gasteiger partial charge >= 0.3 is 0 Å². The second kappa shape index (κ2) is 3.92. The second-order valence-corrected chi connectivity index (χ2v) is 2.75. The van der Waals surface area contributed by atoms with Crippen LogP contribution in [0.1, 0.15) is 16.7 Å². The van der Waals surface area contributed by atoms with Crippen molar-refractivity contribution in [3.05, 3.63) is 28.8 Å². The zero-order valence-corrected chi connectivity index (χ0v) is 7.66. The average molecular weight is 177 g/mol. The fourth-order valence-corrected chi connectivity index (χ4v) is 1.16. The molecule has 0 saturated carbocycles. The minimum atomic E-state index is -0.113. The normalized spacial score (nSPS) is 9.38. The molecular formula is C10H11NO2. The second-order valence-electron chi connectivity index (χ2n) is 2.75. The van der Waals surface area contributed by atoms with Crippen LogP contribution in [0.4, 0.5) is 0 Å². The molecule has 13 heavy (non-hydrogen) atoms. The van der Waals surface area contributed by atoms with E-state index in [2.05, 4.69) is 6.07 Å². The Balaban J connectivity index is 3.28. The van der Waals surface area contributed by atoms with E-state index in [9.17, 15) is 0 Å². The molecule has 0 spiro atoms. The molecule has 0 saturated heterocycles. The molecule has 68 valence electrons. The van der Waals surface area contributed by atoms with Crippen LogP contribution in [0.25, 0.3) is 0 Å². The predicted molar refractivity (Wildman–Crippen MR) is 48.4 cm³/mol. The lowest BCUT2D eigenvalue weighted by Crippen LogP contribution is -1.95. The van der Waals surface area contributed by atoms with Crippen LogP contribution in [0.3, 0.4) is 0 Å². The highest BCUT2D eigenvalue weighted by Crippen LogP contribution is 2.22. The van der Waals surface area contributed by atoms with E-state index in [1.165, 1.54) is 0 Å². The summed E-state index contributed by atoms with van der Waals surface area (Å²) in [6, 6.07) is 5.46. The number of nitrogens with zero attached hydrogens (tertiary/aromatic N) is 1. The Morgan fingerprint density at radius 3 is 2.69 bits per heavy atom. The van der Waals surface area contributed by atoms with Gasteiger partial charge in [-0.05, 0) is 24.6 Å². The van der Waals surface area contributed by atoms with Crippen LogP contribution in [0.2, 0.25) is 0 Å². The van der Waals surface area contributed by atoms with Gasteiger partial charge in [-0.15, -0.1) is 0 Å². The van der Waals surface area contributed by atoms with Crippen LogP contribution in [0, 0.1) is 18.3 Å². The van der Waals surface area contributed by atoms with Gasteiger partial charge in [-0.1, -0.05) is 0 Å². The van der Waals surface area contributed by atoms with E-state index < -0.39 is 0 Å². The fourth-order valence-electron chi connectivity index (χ4n) is 1.16. The number of aryl methyl sites for hydroxylation is 1. The predicted octanol–water partition coefficient (Wildman–Crippen LogP) is 1.37. The molecule has 0 unspecified atom stereocenters. The molecule has 1 aromatic carbocycles. The summed E-state index contributed by atoms with van der Waals surface area (Å²) < 4.78 is 5.05. The molecule has 0 bridgehead atoms. The summed E-state index contributed by atoms with van der Waals surface area (Å²) in [5.41, 5.74) is 2.08. The van der Waals surface area contributed by atoms with Crippen LogP contribution in [-0.2, 0) is 6.61 Å². The van der Waals surface area contributed by atoms with E-state index in [0.717, 1.165) is 5.56 Å². The van der Waals surface area contributed by atoms with E-state index in [4.69, 9.17) is 15.1 Å². The molecule has 0 aliphatic carbocycles. The van der Waals surface area contributed by atoms with Gasteiger partial charge < -0.3 is 9.84 Å². The summed E-state index contributed by atoms with van der Waals surface area (Å²) in [5, 5.41) is 17.7. The highest BCUT2D eigenvalue weighted by atomic mass is 16.5. The van der Waals surface area contributed by atoms with Crippen molar-refractivity contribution in [2.45, 2.75) is 13.5 Å². The van der Waals surface area contributed by atoms with Gasteiger partial charge in [0.1, 0.15) is 5.75 Å². The smallest absolute Gasteiger partial charge is 0.124 e. The minimum Gasteiger partial charge on any atom is -0.496 e. The Hall–Kier alpha value is -1.53. The molecule has 0 radical (unpaired) electrons. The van der Waals surface area contributed by atoms with Crippen LogP contribution in [-0.4, -0.2) is 12.2 Å². The molecule has 1 N–H and O–H groups in total. The van der Waals surface area contributed by atoms with Gasteiger partial charge in [0.2, 0.25) is 0 Å². The van der Waals surface area contributed by atoms with E-state index >= 15 is 0 Å². The number of rotatable bonds is 2. The molecule has 1 rings (SSSR count). The first kappa shape index (κ1) is 9.56. The van der Waals surface area contributed by atoms with Crippen LogP contribution >= 0.6 is 0 Å². The third kappa shape index (κ3) is 1.79. The monoisotopic (exact) mass is 177 g/mol. The summed E-state index contributed by atoms with van der Waals surface area (Å²) in [6.07, 6.45) is 0. The lowest BCUT2D eigenvalue weighted by Gasteiger charge is -2.07. The third-order valence-electron chi connectivity index (χ3n) is 1.92. The SMILES string of the molecule is COc1cc(C)c(C#N)cc1CO. The first-order chi connectivity index (χ1) is 6.22. The van der Waals surface area contributed by atoms with Gasteiger partial charge in [0.25, 0.3) is 0 Å². The highest BCUT2D eigenvalue weighted by molar-refractivity contribution is 5.47. The van der Waals surface area contributed by atoms with Gasteiger partial charge in [0.05, 0.1) is 25.3 Å². The Morgan fingerprint density at radius 1 is 1.54 bits per heavy atom. The number of hydrogen-bond donors (Lipinski definition) is 1. The molecule has 1 aromatic rings. The largest absolute Gasteiger partial charge is 0.496 e. The van der Waals surface area contributed by atoms with Crippen molar-refractivity contribution in [2.75, 3.05) is 7.11 Å². The molecule has 0 aliphatic rings. The first-order valence-electron chi connectivity index (χ1n) is 3.91. The van der Waals surface area contributed by atoms with E-state index in [-0.39, 0.29) is 6.61 Å². The molecule has 0 fully saturated rings. The third-order valence-corrected chi connectivity index (χ3v) is 1.92. The number of nitriles is 1. The summed E-state index contributed by atoms with van der Waals surface area (Å²) in [6.45, 7) is 1.72. The van der Waals surface area contributed by atoms with E-state index in [0.29, 0.717) is 16.9 Å². The van der Waals surface area contributed by atoms with Gasteiger partial charge in [-0.25, -0.2) is 0 Å². The number of hydrogen-bond acceptors (Lipinski definition) is 3. The Morgan fingerprint density at radius 2 is 2.23 bits per heavy atom. The van der Waals surface area contributed by atoms with E-state index in [1.807, 2.05) is 6.92 Å². The van der Waals surface area contributed by atoms with Crippen LogP contribution < -0.4 is 4.74 Å². The number of ether oxygens (including phenoxy) is 1. The zero-order valence-electron chi connectivity index (χ0n) is 7.66. The Bertz CT molecular complexity index is 353. The topological polar surface area (TPSA) is 53.2 Å². The number of aliphatic hydroxyl groups excluding tert-OH is 1. The van der Waals surface area contributed by atoms with Crippen LogP contribution in [0.15, 0.2) is 12.1 Å². The quantitative estimate of drug-likeness (QED) is 0.742. The van der Waals surface area contributed by atoms with Crippen LogP contribution in [0.5, 0.6) is 5.75 Å². The van der Waals surface area contributed by atoms with Crippen molar-refractivity contribution < 1.29 is 9.84 Å². The van der Waals surface area contributed by atoms with Gasteiger partial charge in [0, 0.05) is 5.56 Å². The molecule has 0 aromatic heterocycles. The highest BCUT2D eigenvalue weighted by Gasteiger charge is 2.06. The molecule has 0 heterocycles. The first-order valence-corrected chi connectivity index (χ1v) is 3.91. The van der Waals surface area contributed by atoms with Gasteiger partial charge in [-0.3, -0.25) is 0 Å². The van der Waals surface area contributed by atoms with Crippen molar-refractivity contribution >= 4 is 0 Å². The molecule has 0 aliphatic heterocycles. The standard InChI is InChI=1S/C10H11NO2/c1-7-3-10(13-2)9(6-12)4-8(7)5-11/h3-4,12H,6H2,1-2H3. The Labute approximate surface area is 77.2 Å². The molecule has 3 nitrogen and oxygen atoms in total. The minimum absolute atomic E-state index is 0.113.